The molecule has 5 nitrogen and oxygen atoms in total. The number of hydrogen-bond acceptors (Lipinski definition) is 4. The lowest BCUT2D eigenvalue weighted by Crippen LogP contribution is -2.14. The van der Waals surface area contributed by atoms with Gasteiger partial charge in [-0.05, 0) is 67.4 Å². The van der Waals surface area contributed by atoms with Crippen LogP contribution >= 0.6 is 46.4 Å². The second-order valence-electron chi connectivity index (χ2n) is 7.37. The van der Waals surface area contributed by atoms with Gasteiger partial charge in [0, 0.05) is 26.3 Å². The number of anilines is 1. The van der Waals surface area contributed by atoms with Crippen LogP contribution in [-0.2, 0) is 11.4 Å². The molecule has 0 saturated carbocycles. The van der Waals surface area contributed by atoms with Crippen LogP contribution in [0.5, 0.6) is 11.5 Å². The molecule has 3 rings (SSSR count). The molecule has 0 aliphatic carbocycles. The smallest absolute Gasteiger partial charge is 0.266 e. The second-order valence-corrected chi connectivity index (χ2v) is 9.06. The number of nitriles is 1. The number of rotatable bonds is 8. The highest BCUT2D eigenvalue weighted by Crippen LogP contribution is 2.38. The molecule has 0 bridgehead atoms. The standard InChI is InChI=1S/C26H20Cl4N2O3/c1-3-34-24-10-16(8-18(13-31)26(33)32-23-12-20(28)6-4-15(23)2)9-22(30)25(24)35-14-17-5-7-19(27)11-21(17)29/h4-12H,3,14H2,1-2H3,(H,32,33)/b18-8+. The predicted octanol–water partition coefficient (Wildman–Crippen LogP) is 8.13. The van der Waals surface area contributed by atoms with Gasteiger partial charge in [-0.15, -0.1) is 0 Å². The van der Waals surface area contributed by atoms with E-state index >= 15 is 0 Å². The molecule has 0 heterocycles. The molecule has 3 aromatic carbocycles. The van der Waals surface area contributed by atoms with Crippen molar-refractivity contribution in [1.82, 2.24) is 0 Å². The molecule has 0 fully saturated rings. The molecule has 1 N–H and O–H groups in total. The maximum Gasteiger partial charge on any atom is 0.266 e. The van der Waals surface area contributed by atoms with Crippen molar-refractivity contribution < 1.29 is 14.3 Å². The van der Waals surface area contributed by atoms with Crippen LogP contribution in [-0.4, -0.2) is 12.5 Å². The van der Waals surface area contributed by atoms with Crippen LogP contribution in [0.15, 0.2) is 54.1 Å². The van der Waals surface area contributed by atoms with Crippen molar-refractivity contribution in [3.63, 3.8) is 0 Å². The normalized spacial score (nSPS) is 11.1. The minimum atomic E-state index is -0.579. The molecule has 9 heteroatoms. The summed E-state index contributed by atoms with van der Waals surface area (Å²) in [6.45, 7) is 4.13. The summed E-state index contributed by atoms with van der Waals surface area (Å²) in [6.07, 6.45) is 1.42. The van der Waals surface area contributed by atoms with E-state index < -0.39 is 5.91 Å². The van der Waals surface area contributed by atoms with Crippen LogP contribution in [0, 0.1) is 18.3 Å². The number of carbonyl (C=O) groups is 1. The summed E-state index contributed by atoms with van der Waals surface area (Å²) in [4.78, 5) is 12.7. The molecule has 0 unspecified atom stereocenters. The van der Waals surface area contributed by atoms with Crippen LogP contribution in [0.25, 0.3) is 6.08 Å². The van der Waals surface area contributed by atoms with Crippen LogP contribution in [0.1, 0.15) is 23.6 Å². The first-order valence-corrected chi connectivity index (χ1v) is 11.9. The summed E-state index contributed by atoms with van der Waals surface area (Å²) < 4.78 is 11.6. The van der Waals surface area contributed by atoms with Gasteiger partial charge in [-0.2, -0.15) is 5.26 Å². The van der Waals surface area contributed by atoms with Gasteiger partial charge in [0.05, 0.1) is 11.6 Å². The molecular formula is C26H20Cl4N2O3. The van der Waals surface area contributed by atoms with Gasteiger partial charge in [0.15, 0.2) is 11.5 Å². The number of halogens is 4. The molecule has 3 aromatic rings. The Morgan fingerprint density at radius 3 is 2.40 bits per heavy atom. The Morgan fingerprint density at radius 1 is 1.00 bits per heavy atom. The lowest BCUT2D eigenvalue weighted by atomic mass is 10.1. The van der Waals surface area contributed by atoms with Gasteiger partial charge < -0.3 is 14.8 Å². The highest BCUT2D eigenvalue weighted by atomic mass is 35.5. The van der Waals surface area contributed by atoms with E-state index in [0.29, 0.717) is 44.4 Å². The van der Waals surface area contributed by atoms with Gasteiger partial charge in [-0.25, -0.2) is 0 Å². The summed E-state index contributed by atoms with van der Waals surface area (Å²) in [5.41, 5.74) is 2.41. The fraction of sp³-hybridized carbons (Fsp3) is 0.154. The van der Waals surface area contributed by atoms with Crippen LogP contribution < -0.4 is 14.8 Å². The number of hydrogen-bond donors (Lipinski definition) is 1. The number of amides is 1. The average molecular weight is 550 g/mol. The lowest BCUT2D eigenvalue weighted by molar-refractivity contribution is -0.112. The summed E-state index contributed by atoms with van der Waals surface area (Å²) in [6, 6.07) is 15.4. The number of aryl methyl sites for hydroxylation is 1. The van der Waals surface area contributed by atoms with Gasteiger partial charge in [0.1, 0.15) is 18.2 Å². The van der Waals surface area contributed by atoms with Gasteiger partial charge >= 0.3 is 0 Å². The molecular weight excluding hydrogens is 530 g/mol. The van der Waals surface area contributed by atoms with Crippen molar-refractivity contribution >= 4 is 64.1 Å². The molecule has 0 aromatic heterocycles. The first kappa shape index (κ1) is 26.7. The third kappa shape index (κ3) is 7.06. The van der Waals surface area contributed by atoms with E-state index in [1.807, 2.05) is 19.9 Å². The molecule has 35 heavy (non-hydrogen) atoms. The first-order valence-electron chi connectivity index (χ1n) is 10.4. The Hall–Kier alpha value is -2.88. The van der Waals surface area contributed by atoms with E-state index in [2.05, 4.69) is 5.32 Å². The Labute approximate surface area is 223 Å². The molecule has 0 radical (unpaired) electrons. The molecule has 1 amide bonds. The van der Waals surface area contributed by atoms with Crippen molar-refractivity contribution in [3.05, 3.63) is 90.9 Å². The highest BCUT2D eigenvalue weighted by molar-refractivity contribution is 6.35. The first-order chi connectivity index (χ1) is 16.7. The Morgan fingerprint density at radius 2 is 1.71 bits per heavy atom. The van der Waals surface area contributed by atoms with Crippen molar-refractivity contribution in [3.8, 4) is 17.6 Å². The quantitative estimate of drug-likeness (QED) is 0.227. The van der Waals surface area contributed by atoms with Crippen molar-refractivity contribution in [2.45, 2.75) is 20.5 Å². The fourth-order valence-electron chi connectivity index (χ4n) is 3.10. The Balaban J connectivity index is 1.87. The topological polar surface area (TPSA) is 71.3 Å². The van der Waals surface area contributed by atoms with Gasteiger partial charge in [0.2, 0.25) is 0 Å². The van der Waals surface area contributed by atoms with Crippen LogP contribution in [0.2, 0.25) is 20.1 Å². The Kier molecular flexibility index (Phi) is 9.31. The molecule has 0 aliphatic rings. The maximum atomic E-state index is 12.7. The van der Waals surface area contributed by atoms with E-state index in [0.717, 1.165) is 11.1 Å². The molecule has 0 atom stereocenters. The molecule has 180 valence electrons. The minimum Gasteiger partial charge on any atom is -0.490 e. The lowest BCUT2D eigenvalue weighted by Gasteiger charge is -2.15. The summed E-state index contributed by atoms with van der Waals surface area (Å²) in [5.74, 6) is 0.0959. The second kappa shape index (κ2) is 12.2. The van der Waals surface area contributed by atoms with Gasteiger partial charge in [-0.1, -0.05) is 58.5 Å². The van der Waals surface area contributed by atoms with E-state index in [1.165, 1.54) is 6.08 Å². The zero-order valence-corrected chi connectivity index (χ0v) is 21.8. The monoisotopic (exact) mass is 548 g/mol. The minimum absolute atomic E-state index is 0.121. The molecule has 0 aliphatic heterocycles. The summed E-state index contributed by atoms with van der Waals surface area (Å²) in [7, 11) is 0. The number of carbonyl (C=O) groups excluding carboxylic acids is 1. The van der Waals surface area contributed by atoms with Gasteiger partial charge in [-0.3, -0.25) is 4.79 Å². The van der Waals surface area contributed by atoms with E-state index in [-0.39, 0.29) is 17.2 Å². The van der Waals surface area contributed by atoms with E-state index in [9.17, 15) is 10.1 Å². The van der Waals surface area contributed by atoms with Crippen molar-refractivity contribution in [1.29, 1.82) is 5.26 Å². The van der Waals surface area contributed by atoms with Crippen molar-refractivity contribution in [2.75, 3.05) is 11.9 Å². The molecule has 0 spiro atoms. The van der Waals surface area contributed by atoms with Crippen LogP contribution in [0.3, 0.4) is 0 Å². The zero-order chi connectivity index (χ0) is 25.5. The third-order valence-electron chi connectivity index (χ3n) is 4.84. The zero-order valence-electron chi connectivity index (χ0n) is 18.8. The number of nitrogens with one attached hydrogen (secondary N) is 1. The molecule has 0 saturated heterocycles. The average Bonchev–Trinajstić information content (AvgIpc) is 2.80. The van der Waals surface area contributed by atoms with Crippen LogP contribution in [0.4, 0.5) is 5.69 Å². The largest absolute Gasteiger partial charge is 0.490 e. The number of nitrogens with zero attached hydrogens (tertiary/aromatic N) is 1. The number of ether oxygens (including phenoxy) is 2. The van der Waals surface area contributed by atoms with E-state index in [4.69, 9.17) is 55.9 Å². The van der Waals surface area contributed by atoms with Crippen molar-refractivity contribution in [2.24, 2.45) is 0 Å². The van der Waals surface area contributed by atoms with E-state index in [1.54, 1.807) is 48.5 Å². The Bertz CT molecular complexity index is 1330. The van der Waals surface area contributed by atoms with Gasteiger partial charge in [0.25, 0.3) is 5.91 Å². The summed E-state index contributed by atoms with van der Waals surface area (Å²) >= 11 is 24.7. The predicted molar refractivity (Wildman–Crippen MR) is 142 cm³/mol. The summed E-state index contributed by atoms with van der Waals surface area (Å²) in [5, 5.41) is 14.0. The maximum absolute atomic E-state index is 12.7. The highest BCUT2D eigenvalue weighted by Gasteiger charge is 2.16. The fourth-order valence-corrected chi connectivity index (χ4v) is 4.01. The third-order valence-corrected chi connectivity index (χ3v) is 5.95. The SMILES string of the molecule is CCOc1cc(/C=C(\C#N)C(=O)Nc2cc(Cl)ccc2C)cc(Cl)c1OCc1ccc(Cl)cc1Cl. The number of benzene rings is 3.